The molecule has 33 heavy (non-hydrogen) atoms. The monoisotopic (exact) mass is 453 g/mol. The molecule has 0 saturated heterocycles. The molecule has 2 heterocycles. The molecule has 3 aromatic carbocycles. The van der Waals surface area contributed by atoms with Crippen LogP contribution in [-0.2, 0) is 0 Å². The van der Waals surface area contributed by atoms with E-state index < -0.39 is 5.56 Å². The van der Waals surface area contributed by atoms with Crippen LogP contribution in [0, 0.1) is 11.7 Å². The van der Waals surface area contributed by atoms with Gasteiger partial charge in [0.1, 0.15) is 17.1 Å². The van der Waals surface area contributed by atoms with Gasteiger partial charge in [-0.15, -0.1) is 0 Å². The summed E-state index contributed by atoms with van der Waals surface area (Å²) in [5, 5.41) is 11.0. The number of ether oxygens (including phenoxy) is 1. The van der Waals surface area contributed by atoms with E-state index in [2.05, 4.69) is 9.98 Å². The molecular formula is C26H19N3O3S. The second-order valence-corrected chi connectivity index (χ2v) is 8.01. The Morgan fingerprint density at radius 1 is 1.03 bits per heavy atom. The number of aromatic hydroxyl groups is 1. The van der Waals surface area contributed by atoms with E-state index in [1.165, 1.54) is 4.57 Å². The molecule has 0 amide bonds. The first kappa shape index (κ1) is 20.7. The van der Waals surface area contributed by atoms with E-state index in [9.17, 15) is 9.90 Å². The van der Waals surface area contributed by atoms with Crippen molar-refractivity contribution in [2.45, 2.75) is 6.92 Å². The van der Waals surface area contributed by atoms with Gasteiger partial charge >= 0.3 is 0 Å². The minimum Gasteiger partial charge on any atom is -0.494 e. The second-order valence-electron chi connectivity index (χ2n) is 7.62. The molecule has 6 nitrogen and oxygen atoms in total. The zero-order valence-electron chi connectivity index (χ0n) is 17.6. The molecule has 4 aromatic rings. The summed E-state index contributed by atoms with van der Waals surface area (Å²) < 4.78 is 7.33. The molecule has 0 spiro atoms. The molecule has 2 N–H and O–H groups in total. The maximum Gasteiger partial charge on any atom is 0.262 e. The number of nitrogens with zero attached hydrogens (tertiary/aromatic N) is 2. The van der Waals surface area contributed by atoms with Crippen LogP contribution in [0.3, 0.4) is 0 Å². The van der Waals surface area contributed by atoms with Crippen LogP contribution in [0.15, 0.2) is 82.6 Å². The van der Waals surface area contributed by atoms with E-state index in [1.54, 1.807) is 36.6 Å². The van der Waals surface area contributed by atoms with Crippen molar-refractivity contribution in [2.24, 2.45) is 4.99 Å². The number of hydrogen-bond donors (Lipinski definition) is 2. The third kappa shape index (κ3) is 4.02. The minimum absolute atomic E-state index is 0.0903. The normalized spacial score (nSPS) is 13.3. The fraction of sp³-hybridized carbons (Fsp3) is 0.0385. The third-order valence-corrected chi connectivity index (χ3v) is 5.59. The first-order chi connectivity index (χ1) is 16.0. The van der Waals surface area contributed by atoms with Crippen LogP contribution >= 0.6 is 12.2 Å². The van der Waals surface area contributed by atoms with Crippen molar-refractivity contribution in [3.05, 3.63) is 105 Å². The number of fused-ring (bicyclic) bond motifs is 1. The number of rotatable bonds is 4. The van der Waals surface area contributed by atoms with Crippen molar-refractivity contribution in [3.8, 4) is 23.1 Å². The van der Waals surface area contributed by atoms with E-state index >= 15 is 0 Å². The maximum absolute atomic E-state index is 12.7. The topological polar surface area (TPSA) is 79.6 Å². The van der Waals surface area contributed by atoms with Gasteiger partial charge in [-0.2, -0.15) is 0 Å². The molecule has 0 bridgehead atoms. The first-order valence-electron chi connectivity index (χ1n) is 10.3. The van der Waals surface area contributed by atoms with Gasteiger partial charge in [0.2, 0.25) is 5.88 Å². The largest absolute Gasteiger partial charge is 0.494 e. The van der Waals surface area contributed by atoms with E-state index in [4.69, 9.17) is 17.0 Å². The molecule has 0 atom stereocenters. The van der Waals surface area contributed by atoms with Crippen molar-refractivity contribution in [1.82, 2.24) is 9.55 Å². The molecule has 1 aliphatic rings. The number of para-hydroxylation sites is 1. The van der Waals surface area contributed by atoms with Crippen molar-refractivity contribution in [3.63, 3.8) is 0 Å². The van der Waals surface area contributed by atoms with Crippen molar-refractivity contribution in [1.29, 1.82) is 0 Å². The molecule has 0 saturated carbocycles. The standard InChI is InChI=1S/C26H19N3O3S/c1-16-7-12-21-17(15-27-23(21)13-16)14-22-24(30)28-26(33)29(25(22)31)18-8-10-20(11-9-18)32-19-5-3-2-4-6-19/h2-15,31H,1H3,(H,28,30,33). The first-order valence-corrected chi connectivity index (χ1v) is 10.7. The highest BCUT2D eigenvalue weighted by molar-refractivity contribution is 7.71. The molecule has 1 aliphatic heterocycles. The van der Waals surface area contributed by atoms with Gasteiger partial charge < -0.3 is 9.84 Å². The Labute approximate surface area is 194 Å². The average molecular weight is 454 g/mol. The Bertz CT molecular complexity index is 1530. The van der Waals surface area contributed by atoms with Gasteiger partial charge in [-0.25, -0.2) is 0 Å². The lowest BCUT2D eigenvalue weighted by molar-refractivity contribution is 0.431. The predicted octanol–water partition coefficient (Wildman–Crippen LogP) is 5.96. The van der Waals surface area contributed by atoms with Gasteiger partial charge in [0, 0.05) is 17.4 Å². The Morgan fingerprint density at radius 2 is 1.76 bits per heavy atom. The highest BCUT2D eigenvalue weighted by Crippen LogP contribution is 2.34. The predicted molar refractivity (Wildman–Crippen MR) is 133 cm³/mol. The SMILES string of the molecule is Cc1ccc2c(c1)N=CC2=Cc1c(O)n(-c2ccc(Oc3ccccc3)cc2)c(=S)[nH]c1=O. The van der Waals surface area contributed by atoms with Crippen LogP contribution in [0.4, 0.5) is 5.69 Å². The van der Waals surface area contributed by atoms with Crippen LogP contribution in [0.25, 0.3) is 17.3 Å². The van der Waals surface area contributed by atoms with Crippen molar-refractivity contribution >= 4 is 35.8 Å². The number of hydrogen-bond acceptors (Lipinski definition) is 5. The van der Waals surface area contributed by atoms with Crippen LogP contribution in [0.2, 0.25) is 0 Å². The molecule has 7 heteroatoms. The number of aryl methyl sites for hydroxylation is 1. The lowest BCUT2D eigenvalue weighted by Crippen LogP contribution is -2.16. The zero-order valence-corrected chi connectivity index (χ0v) is 18.5. The van der Waals surface area contributed by atoms with Crippen LogP contribution in [0.5, 0.6) is 17.4 Å². The Morgan fingerprint density at radius 3 is 2.52 bits per heavy atom. The van der Waals surface area contributed by atoms with Crippen LogP contribution in [-0.4, -0.2) is 20.9 Å². The average Bonchev–Trinajstić information content (AvgIpc) is 3.20. The molecular weight excluding hydrogens is 434 g/mol. The summed E-state index contributed by atoms with van der Waals surface area (Å²) in [6.07, 6.45) is 3.31. The van der Waals surface area contributed by atoms with Gasteiger partial charge in [-0.05, 0) is 73.2 Å². The molecule has 1 aromatic heterocycles. The molecule has 0 radical (unpaired) electrons. The number of benzene rings is 3. The van der Waals surface area contributed by atoms with Crippen molar-refractivity contribution < 1.29 is 9.84 Å². The van der Waals surface area contributed by atoms with Crippen molar-refractivity contribution in [2.75, 3.05) is 0 Å². The highest BCUT2D eigenvalue weighted by atomic mass is 32.1. The van der Waals surface area contributed by atoms with Gasteiger partial charge in [0.15, 0.2) is 4.77 Å². The summed E-state index contributed by atoms with van der Waals surface area (Å²) in [7, 11) is 0. The van der Waals surface area contributed by atoms with Gasteiger partial charge in [-0.3, -0.25) is 19.3 Å². The highest BCUT2D eigenvalue weighted by Gasteiger charge is 2.17. The second kappa shape index (κ2) is 8.37. The van der Waals surface area contributed by atoms with Gasteiger partial charge in [-0.1, -0.05) is 30.3 Å². The van der Waals surface area contributed by atoms with E-state index in [0.29, 0.717) is 11.4 Å². The summed E-state index contributed by atoms with van der Waals surface area (Å²) in [4.78, 5) is 19.7. The molecule has 162 valence electrons. The molecule has 0 aliphatic carbocycles. The lowest BCUT2D eigenvalue weighted by atomic mass is 10.0. The summed E-state index contributed by atoms with van der Waals surface area (Å²) in [5.41, 5.74) is 3.78. The molecule has 5 rings (SSSR count). The maximum atomic E-state index is 12.7. The Kier molecular flexibility index (Phi) is 5.24. The summed E-state index contributed by atoms with van der Waals surface area (Å²) in [6, 6.07) is 22.4. The van der Waals surface area contributed by atoms with E-state index in [-0.39, 0.29) is 16.2 Å². The minimum atomic E-state index is -0.473. The Hall–Kier alpha value is -4.23. The Balaban J connectivity index is 1.53. The van der Waals surface area contributed by atoms with Crippen LogP contribution in [0.1, 0.15) is 16.7 Å². The van der Waals surface area contributed by atoms with Crippen LogP contribution < -0.4 is 10.3 Å². The smallest absolute Gasteiger partial charge is 0.262 e. The quantitative estimate of drug-likeness (QED) is 0.374. The van der Waals surface area contributed by atoms with E-state index in [0.717, 1.165) is 28.1 Å². The fourth-order valence-electron chi connectivity index (χ4n) is 3.67. The molecule has 0 fully saturated rings. The van der Waals surface area contributed by atoms with Gasteiger partial charge in [0.25, 0.3) is 5.56 Å². The number of H-pyrrole nitrogens is 1. The number of aromatic nitrogens is 2. The van der Waals surface area contributed by atoms with E-state index in [1.807, 2.05) is 55.5 Å². The summed E-state index contributed by atoms with van der Waals surface area (Å²) >= 11 is 5.34. The molecule has 0 unspecified atom stereocenters. The fourth-order valence-corrected chi connectivity index (χ4v) is 3.95. The summed E-state index contributed by atoms with van der Waals surface area (Å²) in [5.74, 6) is 1.11. The number of aromatic amines is 1. The van der Waals surface area contributed by atoms with Gasteiger partial charge in [0.05, 0.1) is 11.4 Å². The zero-order chi connectivity index (χ0) is 22.9. The number of nitrogens with one attached hydrogen (secondary N) is 1. The number of aliphatic imine (C=N–C) groups is 1. The summed E-state index contributed by atoms with van der Waals surface area (Å²) in [6.45, 7) is 2.00. The third-order valence-electron chi connectivity index (χ3n) is 5.30. The lowest BCUT2D eigenvalue weighted by Gasteiger charge is -2.13. The number of allylic oxidation sites excluding steroid dienone is 1.